The maximum atomic E-state index is 10.2. The van der Waals surface area contributed by atoms with E-state index >= 15 is 0 Å². The Labute approximate surface area is 108 Å². The van der Waals surface area contributed by atoms with Gasteiger partial charge in [-0.15, -0.1) is 0 Å². The summed E-state index contributed by atoms with van der Waals surface area (Å²) in [5, 5.41) is 13.6. The number of nitrogens with one attached hydrogen (secondary N) is 1. The number of piperidine rings is 1. The van der Waals surface area contributed by atoms with Crippen LogP contribution >= 0.6 is 0 Å². The molecule has 1 atom stereocenters. The second kappa shape index (κ2) is 4.35. The zero-order valence-corrected chi connectivity index (χ0v) is 11.2. The van der Waals surface area contributed by atoms with E-state index in [1.807, 2.05) is 0 Å². The summed E-state index contributed by atoms with van der Waals surface area (Å²) in [5.41, 5.74) is -0.146. The van der Waals surface area contributed by atoms with E-state index in [-0.39, 0.29) is 0 Å². The fraction of sp³-hybridized carbons (Fsp3) is 0.786. The van der Waals surface area contributed by atoms with E-state index < -0.39 is 5.60 Å². The molecule has 4 heteroatoms. The average molecular weight is 250 g/mol. The lowest BCUT2D eigenvalue weighted by molar-refractivity contribution is 0.0723. The molecule has 2 N–H and O–H groups in total. The van der Waals surface area contributed by atoms with Gasteiger partial charge in [-0.05, 0) is 46.1 Å². The zero-order valence-electron chi connectivity index (χ0n) is 11.2. The van der Waals surface area contributed by atoms with E-state index in [2.05, 4.69) is 10.3 Å². The molecule has 1 saturated carbocycles. The molecule has 0 aromatic carbocycles. The first kappa shape index (κ1) is 12.2. The maximum Gasteiger partial charge on any atom is 0.199 e. The van der Waals surface area contributed by atoms with E-state index in [1.54, 1.807) is 13.8 Å². The first-order valence-electron chi connectivity index (χ1n) is 7.00. The maximum absolute atomic E-state index is 10.2. The Morgan fingerprint density at radius 1 is 1.28 bits per heavy atom. The number of aliphatic hydroxyl groups is 1. The van der Waals surface area contributed by atoms with Crippen LogP contribution in [0.3, 0.4) is 0 Å². The van der Waals surface area contributed by atoms with Gasteiger partial charge in [0.2, 0.25) is 0 Å². The fourth-order valence-electron chi connectivity index (χ4n) is 2.65. The molecule has 1 aliphatic carbocycles. The van der Waals surface area contributed by atoms with E-state index in [0.29, 0.717) is 11.8 Å². The van der Waals surface area contributed by atoms with Crippen molar-refractivity contribution in [2.24, 2.45) is 0 Å². The summed E-state index contributed by atoms with van der Waals surface area (Å²) in [7, 11) is 0. The third-order valence-corrected chi connectivity index (χ3v) is 3.84. The summed E-state index contributed by atoms with van der Waals surface area (Å²) in [5.74, 6) is 2.61. The highest BCUT2D eigenvalue weighted by Crippen LogP contribution is 2.45. The van der Waals surface area contributed by atoms with Crippen molar-refractivity contribution in [1.29, 1.82) is 0 Å². The highest BCUT2D eigenvalue weighted by Gasteiger charge is 2.37. The number of aromatic nitrogens is 1. The van der Waals surface area contributed by atoms with Crippen LogP contribution in [0, 0.1) is 0 Å². The SMILES string of the molecule is CC(C)(O)c1nc(C2CCCNC2)oc1C1CC1. The molecule has 2 aliphatic rings. The van der Waals surface area contributed by atoms with Crippen LogP contribution in [0.25, 0.3) is 0 Å². The molecular weight excluding hydrogens is 228 g/mol. The second-order valence-corrected chi connectivity index (χ2v) is 6.14. The smallest absolute Gasteiger partial charge is 0.199 e. The zero-order chi connectivity index (χ0) is 12.8. The van der Waals surface area contributed by atoms with Crippen LogP contribution in [0.4, 0.5) is 0 Å². The molecule has 4 nitrogen and oxygen atoms in total. The van der Waals surface area contributed by atoms with Crippen molar-refractivity contribution in [2.45, 2.75) is 57.0 Å². The lowest BCUT2D eigenvalue weighted by Crippen LogP contribution is -2.28. The van der Waals surface area contributed by atoms with Gasteiger partial charge in [0.25, 0.3) is 0 Å². The molecule has 18 heavy (non-hydrogen) atoms. The monoisotopic (exact) mass is 250 g/mol. The van der Waals surface area contributed by atoms with Gasteiger partial charge in [-0.2, -0.15) is 0 Å². The van der Waals surface area contributed by atoms with Gasteiger partial charge in [0.1, 0.15) is 17.1 Å². The average Bonchev–Trinajstić information content (AvgIpc) is 3.07. The highest BCUT2D eigenvalue weighted by atomic mass is 16.4. The summed E-state index contributed by atoms with van der Waals surface area (Å²) in [4.78, 5) is 4.61. The van der Waals surface area contributed by atoms with Crippen LogP contribution in [0.5, 0.6) is 0 Å². The van der Waals surface area contributed by atoms with Crippen LogP contribution in [0.1, 0.15) is 68.7 Å². The Balaban J connectivity index is 1.91. The summed E-state index contributed by atoms with van der Waals surface area (Å²) < 4.78 is 5.99. The number of nitrogens with zero attached hydrogens (tertiary/aromatic N) is 1. The first-order valence-corrected chi connectivity index (χ1v) is 7.00. The second-order valence-electron chi connectivity index (χ2n) is 6.14. The van der Waals surface area contributed by atoms with E-state index in [4.69, 9.17) is 4.42 Å². The third kappa shape index (κ3) is 2.31. The standard InChI is InChI=1S/C14H22N2O2/c1-14(2,17)12-11(9-5-6-9)18-13(16-12)10-4-3-7-15-8-10/h9-10,15,17H,3-8H2,1-2H3. The third-order valence-electron chi connectivity index (χ3n) is 3.84. The summed E-state index contributed by atoms with van der Waals surface area (Å²) in [6.45, 7) is 5.61. The van der Waals surface area contributed by atoms with Crippen molar-refractivity contribution in [3.05, 3.63) is 17.3 Å². The predicted octanol–water partition coefficient (Wildman–Crippen LogP) is 2.25. The molecule has 3 rings (SSSR count). The lowest BCUT2D eigenvalue weighted by Gasteiger charge is -2.19. The number of hydrogen-bond donors (Lipinski definition) is 2. The Morgan fingerprint density at radius 3 is 2.61 bits per heavy atom. The van der Waals surface area contributed by atoms with Gasteiger partial charge in [0.15, 0.2) is 5.89 Å². The molecule has 1 saturated heterocycles. The van der Waals surface area contributed by atoms with Gasteiger partial charge in [-0.3, -0.25) is 0 Å². The minimum absolute atomic E-state index is 0.368. The first-order chi connectivity index (χ1) is 8.55. The summed E-state index contributed by atoms with van der Waals surface area (Å²) in [6.07, 6.45) is 4.63. The van der Waals surface area contributed by atoms with E-state index in [0.717, 1.165) is 36.9 Å². The lowest BCUT2D eigenvalue weighted by atomic mass is 9.99. The van der Waals surface area contributed by atoms with Gasteiger partial charge >= 0.3 is 0 Å². The normalized spacial score (nSPS) is 25.4. The molecule has 2 heterocycles. The van der Waals surface area contributed by atoms with Crippen LogP contribution in [0.2, 0.25) is 0 Å². The largest absolute Gasteiger partial charge is 0.445 e. The number of rotatable bonds is 3. The Morgan fingerprint density at radius 2 is 2.06 bits per heavy atom. The molecular formula is C14H22N2O2. The van der Waals surface area contributed by atoms with E-state index in [1.165, 1.54) is 19.3 Å². The predicted molar refractivity (Wildman–Crippen MR) is 68.6 cm³/mol. The minimum atomic E-state index is -0.901. The van der Waals surface area contributed by atoms with Crippen LogP contribution in [-0.4, -0.2) is 23.2 Å². The van der Waals surface area contributed by atoms with Crippen LogP contribution < -0.4 is 5.32 Å². The van der Waals surface area contributed by atoms with Gasteiger partial charge < -0.3 is 14.8 Å². The van der Waals surface area contributed by atoms with Crippen molar-refractivity contribution in [3.8, 4) is 0 Å². The molecule has 1 aromatic rings. The molecule has 1 aromatic heterocycles. The van der Waals surface area contributed by atoms with Crippen molar-refractivity contribution >= 4 is 0 Å². The Kier molecular flexibility index (Phi) is 2.94. The Bertz CT molecular complexity index is 423. The molecule has 0 spiro atoms. The quantitative estimate of drug-likeness (QED) is 0.864. The fourth-order valence-corrected chi connectivity index (χ4v) is 2.65. The number of hydrogen-bond acceptors (Lipinski definition) is 4. The molecule has 0 radical (unpaired) electrons. The van der Waals surface area contributed by atoms with Gasteiger partial charge in [0, 0.05) is 18.4 Å². The van der Waals surface area contributed by atoms with Crippen molar-refractivity contribution in [2.75, 3.05) is 13.1 Å². The molecule has 100 valence electrons. The van der Waals surface area contributed by atoms with Crippen molar-refractivity contribution in [3.63, 3.8) is 0 Å². The van der Waals surface area contributed by atoms with Crippen LogP contribution in [0.15, 0.2) is 4.42 Å². The van der Waals surface area contributed by atoms with Crippen molar-refractivity contribution in [1.82, 2.24) is 10.3 Å². The number of oxazole rings is 1. The summed E-state index contributed by atoms with van der Waals surface area (Å²) >= 11 is 0. The molecule has 0 amide bonds. The van der Waals surface area contributed by atoms with E-state index in [9.17, 15) is 5.11 Å². The molecule has 1 aliphatic heterocycles. The topological polar surface area (TPSA) is 58.3 Å². The molecule has 0 bridgehead atoms. The highest BCUT2D eigenvalue weighted by molar-refractivity contribution is 5.24. The van der Waals surface area contributed by atoms with Gasteiger partial charge in [-0.1, -0.05) is 0 Å². The molecule has 2 fully saturated rings. The van der Waals surface area contributed by atoms with Gasteiger partial charge in [0.05, 0.1) is 0 Å². The molecule has 1 unspecified atom stereocenters. The summed E-state index contributed by atoms with van der Waals surface area (Å²) in [6, 6.07) is 0. The van der Waals surface area contributed by atoms with Gasteiger partial charge in [-0.25, -0.2) is 4.98 Å². The van der Waals surface area contributed by atoms with Crippen LogP contribution in [-0.2, 0) is 5.60 Å². The Hall–Kier alpha value is -0.870. The minimum Gasteiger partial charge on any atom is -0.445 e. The van der Waals surface area contributed by atoms with Crippen molar-refractivity contribution < 1.29 is 9.52 Å².